The summed E-state index contributed by atoms with van der Waals surface area (Å²) in [7, 11) is 0. The van der Waals surface area contributed by atoms with Crippen molar-refractivity contribution >= 4 is 0 Å². The van der Waals surface area contributed by atoms with Crippen molar-refractivity contribution in [3.63, 3.8) is 0 Å². The molecule has 0 aliphatic rings. The number of hydrogen-bond acceptors (Lipinski definition) is 2. The van der Waals surface area contributed by atoms with Crippen LogP contribution in [0.3, 0.4) is 0 Å². The average molecular weight is 172 g/mol. The van der Waals surface area contributed by atoms with E-state index in [1.807, 2.05) is 13.8 Å². The molecule has 72 valence electrons. The molecule has 0 heterocycles. The molecule has 2 nitrogen and oxygen atoms in total. The highest BCUT2D eigenvalue weighted by atomic mass is 16.7. The molecule has 0 radical (unpaired) electrons. The monoisotopic (exact) mass is 172 g/mol. The Morgan fingerprint density at radius 1 is 1.17 bits per heavy atom. The third-order valence-corrected chi connectivity index (χ3v) is 1.66. The Bertz CT molecular complexity index is 115. The van der Waals surface area contributed by atoms with E-state index in [2.05, 4.69) is 13.5 Å². The van der Waals surface area contributed by atoms with Crippen LogP contribution in [-0.4, -0.2) is 19.5 Å². The normalized spacial score (nSPS) is 10.7. The maximum Gasteiger partial charge on any atom is 0.161 e. The lowest BCUT2D eigenvalue weighted by atomic mass is 10.1. The zero-order chi connectivity index (χ0) is 9.40. The van der Waals surface area contributed by atoms with Crippen molar-refractivity contribution in [2.45, 2.75) is 39.9 Å². The van der Waals surface area contributed by atoms with Crippen molar-refractivity contribution in [3.05, 3.63) is 12.2 Å². The highest BCUT2D eigenvalue weighted by Crippen LogP contribution is 2.10. The smallest absolute Gasteiger partial charge is 0.161 e. The summed E-state index contributed by atoms with van der Waals surface area (Å²) in [5.41, 5.74) is 1.18. The lowest BCUT2D eigenvalue weighted by Crippen LogP contribution is -2.17. The van der Waals surface area contributed by atoms with Gasteiger partial charge < -0.3 is 9.47 Å². The van der Waals surface area contributed by atoms with Crippen LogP contribution in [0.4, 0.5) is 0 Å². The fraction of sp³-hybridized carbons (Fsp3) is 0.800. The van der Waals surface area contributed by atoms with E-state index >= 15 is 0 Å². The maximum atomic E-state index is 5.37. The molecule has 0 saturated carbocycles. The third-order valence-electron chi connectivity index (χ3n) is 1.66. The van der Waals surface area contributed by atoms with Crippen LogP contribution in [-0.2, 0) is 9.47 Å². The molecule has 0 fully saturated rings. The van der Waals surface area contributed by atoms with Crippen LogP contribution in [0.2, 0.25) is 0 Å². The molecule has 0 aromatic carbocycles. The first kappa shape index (κ1) is 11.7. The molecule has 0 saturated heterocycles. The Balaban J connectivity index is 3.68. The second kappa shape index (κ2) is 7.32. The van der Waals surface area contributed by atoms with E-state index in [1.165, 1.54) is 5.57 Å². The summed E-state index contributed by atoms with van der Waals surface area (Å²) in [5, 5.41) is 0. The van der Waals surface area contributed by atoms with Gasteiger partial charge in [0.05, 0.1) is 0 Å². The van der Waals surface area contributed by atoms with Crippen molar-refractivity contribution in [3.8, 4) is 0 Å². The van der Waals surface area contributed by atoms with Gasteiger partial charge in [0.25, 0.3) is 0 Å². The fourth-order valence-electron chi connectivity index (χ4n) is 0.918. The molecule has 0 N–H and O–H groups in total. The molecule has 2 heteroatoms. The molecule has 0 aliphatic heterocycles. The molecule has 0 bridgehead atoms. The molecule has 0 unspecified atom stereocenters. The summed E-state index contributed by atoms with van der Waals surface area (Å²) in [6, 6.07) is 0. The van der Waals surface area contributed by atoms with Gasteiger partial charge in [-0.2, -0.15) is 0 Å². The van der Waals surface area contributed by atoms with Crippen LogP contribution in [0.15, 0.2) is 12.2 Å². The van der Waals surface area contributed by atoms with Crippen LogP contribution >= 0.6 is 0 Å². The number of hydrogen-bond donors (Lipinski definition) is 0. The molecule has 0 rings (SSSR count). The predicted molar refractivity (Wildman–Crippen MR) is 51.1 cm³/mol. The lowest BCUT2D eigenvalue weighted by Gasteiger charge is -2.17. The molecule has 0 atom stereocenters. The Labute approximate surface area is 75.6 Å². The standard InChI is InChI=1S/C10H20O2/c1-5-9(4)8-10(11-6-2)12-7-3/h10H,4-8H2,1-3H3. The van der Waals surface area contributed by atoms with Crippen molar-refractivity contribution in [1.29, 1.82) is 0 Å². The van der Waals surface area contributed by atoms with Crippen molar-refractivity contribution < 1.29 is 9.47 Å². The van der Waals surface area contributed by atoms with E-state index in [0.717, 1.165) is 12.8 Å². The summed E-state index contributed by atoms with van der Waals surface area (Å²) in [4.78, 5) is 0. The Kier molecular flexibility index (Phi) is 7.11. The van der Waals surface area contributed by atoms with E-state index in [9.17, 15) is 0 Å². The van der Waals surface area contributed by atoms with Gasteiger partial charge in [0, 0.05) is 19.6 Å². The Morgan fingerprint density at radius 2 is 1.67 bits per heavy atom. The SMILES string of the molecule is C=C(CC)CC(OCC)OCC. The van der Waals surface area contributed by atoms with Crippen LogP contribution in [0, 0.1) is 0 Å². The van der Waals surface area contributed by atoms with Gasteiger partial charge in [0.1, 0.15) is 0 Å². The van der Waals surface area contributed by atoms with E-state index in [1.54, 1.807) is 0 Å². The number of rotatable bonds is 7. The van der Waals surface area contributed by atoms with Gasteiger partial charge >= 0.3 is 0 Å². The highest BCUT2D eigenvalue weighted by molar-refractivity contribution is 4.93. The average Bonchev–Trinajstić information content (AvgIpc) is 2.05. The first-order valence-corrected chi connectivity index (χ1v) is 4.64. The van der Waals surface area contributed by atoms with E-state index in [4.69, 9.17) is 9.47 Å². The Hall–Kier alpha value is -0.340. The Morgan fingerprint density at radius 3 is 2.00 bits per heavy atom. The minimum absolute atomic E-state index is 0.0903. The van der Waals surface area contributed by atoms with Crippen LogP contribution in [0.1, 0.15) is 33.6 Å². The summed E-state index contributed by atoms with van der Waals surface area (Å²) in [6.07, 6.45) is 1.72. The van der Waals surface area contributed by atoms with Gasteiger partial charge in [0.2, 0.25) is 0 Å². The topological polar surface area (TPSA) is 18.5 Å². The van der Waals surface area contributed by atoms with Gasteiger partial charge in [0.15, 0.2) is 6.29 Å². The molecule has 0 aliphatic carbocycles. The lowest BCUT2D eigenvalue weighted by molar-refractivity contribution is -0.134. The largest absolute Gasteiger partial charge is 0.353 e. The molecular formula is C10H20O2. The van der Waals surface area contributed by atoms with Gasteiger partial charge in [-0.15, -0.1) is 0 Å². The van der Waals surface area contributed by atoms with Crippen molar-refractivity contribution in [2.75, 3.05) is 13.2 Å². The van der Waals surface area contributed by atoms with Crippen molar-refractivity contribution in [2.24, 2.45) is 0 Å². The molecule has 0 amide bonds. The molecule has 12 heavy (non-hydrogen) atoms. The summed E-state index contributed by atoms with van der Waals surface area (Å²) in [6.45, 7) is 11.4. The van der Waals surface area contributed by atoms with Gasteiger partial charge in [-0.25, -0.2) is 0 Å². The predicted octanol–water partition coefficient (Wildman–Crippen LogP) is 2.74. The molecule has 0 spiro atoms. The first-order valence-electron chi connectivity index (χ1n) is 4.64. The van der Waals surface area contributed by atoms with Crippen LogP contribution in [0.25, 0.3) is 0 Å². The minimum atomic E-state index is -0.0903. The second-order valence-corrected chi connectivity index (χ2v) is 2.65. The second-order valence-electron chi connectivity index (χ2n) is 2.65. The quantitative estimate of drug-likeness (QED) is 0.434. The van der Waals surface area contributed by atoms with Crippen molar-refractivity contribution in [1.82, 2.24) is 0 Å². The fourth-order valence-corrected chi connectivity index (χ4v) is 0.918. The molecular weight excluding hydrogens is 152 g/mol. The minimum Gasteiger partial charge on any atom is -0.353 e. The zero-order valence-corrected chi connectivity index (χ0v) is 8.43. The molecule has 0 aromatic rings. The summed E-state index contributed by atoms with van der Waals surface area (Å²) in [5.74, 6) is 0. The highest BCUT2D eigenvalue weighted by Gasteiger charge is 2.07. The maximum absolute atomic E-state index is 5.37. The van der Waals surface area contributed by atoms with Gasteiger partial charge in [-0.05, 0) is 20.3 Å². The summed E-state index contributed by atoms with van der Waals surface area (Å²) >= 11 is 0. The van der Waals surface area contributed by atoms with E-state index in [0.29, 0.717) is 13.2 Å². The molecule has 0 aromatic heterocycles. The zero-order valence-electron chi connectivity index (χ0n) is 8.43. The summed E-state index contributed by atoms with van der Waals surface area (Å²) < 4.78 is 10.7. The number of ether oxygens (including phenoxy) is 2. The third kappa shape index (κ3) is 5.33. The van der Waals surface area contributed by atoms with Crippen LogP contribution < -0.4 is 0 Å². The van der Waals surface area contributed by atoms with E-state index in [-0.39, 0.29) is 6.29 Å². The van der Waals surface area contributed by atoms with Gasteiger partial charge in [-0.1, -0.05) is 19.1 Å². The van der Waals surface area contributed by atoms with E-state index < -0.39 is 0 Å². The van der Waals surface area contributed by atoms with Crippen LogP contribution in [0.5, 0.6) is 0 Å². The van der Waals surface area contributed by atoms with Gasteiger partial charge in [-0.3, -0.25) is 0 Å². The first-order chi connectivity index (χ1) is 5.74.